The minimum absolute atomic E-state index is 0.0150. The van der Waals surface area contributed by atoms with Gasteiger partial charge in [0.25, 0.3) is 5.91 Å². The number of benzene rings is 1. The number of halogens is 2. The van der Waals surface area contributed by atoms with Crippen molar-refractivity contribution in [2.24, 2.45) is 0 Å². The van der Waals surface area contributed by atoms with E-state index in [-0.39, 0.29) is 12.0 Å². The lowest BCUT2D eigenvalue weighted by atomic mass is 10.1. The smallest absolute Gasteiger partial charge is 0.255 e. The highest BCUT2D eigenvalue weighted by Gasteiger charge is 2.25. The van der Waals surface area contributed by atoms with Gasteiger partial charge < -0.3 is 15.0 Å². The minimum atomic E-state index is -0.0150. The molecule has 2 rings (SSSR count). The van der Waals surface area contributed by atoms with Crippen LogP contribution in [0.4, 0.5) is 0 Å². The molecule has 1 aromatic carbocycles. The lowest BCUT2D eigenvalue weighted by Crippen LogP contribution is -2.48. The van der Waals surface area contributed by atoms with Crippen LogP contribution in [-0.4, -0.2) is 50.2 Å². The van der Waals surface area contributed by atoms with Gasteiger partial charge in [-0.1, -0.05) is 11.6 Å². The van der Waals surface area contributed by atoms with E-state index >= 15 is 0 Å². The fourth-order valence-corrected chi connectivity index (χ4v) is 2.68. The molecule has 4 nitrogen and oxygen atoms in total. The number of carbonyl (C=O) groups is 1. The molecule has 1 saturated heterocycles. The highest BCUT2D eigenvalue weighted by Crippen LogP contribution is 2.23. The summed E-state index contributed by atoms with van der Waals surface area (Å²) in [6, 6.07) is 5.24. The molecule has 0 radical (unpaired) electrons. The van der Waals surface area contributed by atoms with Crippen LogP contribution >= 0.6 is 27.5 Å². The van der Waals surface area contributed by atoms with Crippen molar-refractivity contribution < 1.29 is 9.53 Å². The van der Waals surface area contributed by atoms with Crippen molar-refractivity contribution in [2.75, 3.05) is 33.3 Å². The van der Waals surface area contributed by atoms with Crippen molar-refractivity contribution in [1.29, 1.82) is 0 Å². The fourth-order valence-electron chi connectivity index (χ4n) is 2.09. The normalized spacial score (nSPS) is 19.5. The second-order valence-electron chi connectivity index (χ2n) is 4.43. The van der Waals surface area contributed by atoms with Gasteiger partial charge in [0.1, 0.15) is 0 Å². The molecule has 1 atom stereocenters. The SMILES string of the molecule is CNCC1CN(C(=O)c2cc(Cl)ccc2Br)CCO1. The second-order valence-corrected chi connectivity index (χ2v) is 5.72. The Morgan fingerprint density at radius 3 is 3.16 bits per heavy atom. The van der Waals surface area contributed by atoms with Crippen LogP contribution < -0.4 is 5.32 Å². The Morgan fingerprint density at radius 1 is 1.63 bits per heavy atom. The lowest BCUT2D eigenvalue weighted by molar-refractivity contribution is -0.0196. The number of likely N-dealkylation sites (N-methyl/N-ethyl adjacent to an activating group) is 1. The molecular formula is C13H16BrClN2O2. The number of hydrogen-bond acceptors (Lipinski definition) is 3. The van der Waals surface area contributed by atoms with Crippen molar-refractivity contribution in [2.45, 2.75) is 6.10 Å². The van der Waals surface area contributed by atoms with Crippen LogP contribution in [0.25, 0.3) is 0 Å². The molecule has 6 heteroatoms. The fraction of sp³-hybridized carbons (Fsp3) is 0.462. The summed E-state index contributed by atoms with van der Waals surface area (Å²) in [5, 5.41) is 3.63. The van der Waals surface area contributed by atoms with Gasteiger partial charge in [0.05, 0.1) is 18.3 Å². The number of morpholine rings is 1. The molecule has 1 amide bonds. The molecule has 0 aromatic heterocycles. The highest BCUT2D eigenvalue weighted by atomic mass is 79.9. The standard InChI is InChI=1S/C13H16BrClN2O2/c1-16-7-10-8-17(4-5-19-10)13(18)11-6-9(15)2-3-12(11)14/h2-3,6,10,16H,4-5,7-8H2,1H3. The van der Waals surface area contributed by atoms with E-state index < -0.39 is 0 Å². The molecule has 1 aliphatic heterocycles. The predicted molar refractivity (Wildman–Crippen MR) is 78.7 cm³/mol. The number of amides is 1. The third kappa shape index (κ3) is 3.69. The van der Waals surface area contributed by atoms with Gasteiger partial charge in [-0.15, -0.1) is 0 Å². The summed E-state index contributed by atoms with van der Waals surface area (Å²) in [5.41, 5.74) is 0.595. The van der Waals surface area contributed by atoms with Crippen molar-refractivity contribution >= 4 is 33.4 Å². The molecule has 1 aromatic rings. The lowest BCUT2D eigenvalue weighted by Gasteiger charge is -2.33. The highest BCUT2D eigenvalue weighted by molar-refractivity contribution is 9.10. The molecule has 0 bridgehead atoms. The van der Waals surface area contributed by atoms with Gasteiger partial charge in [-0.2, -0.15) is 0 Å². The van der Waals surface area contributed by atoms with Gasteiger partial charge in [-0.25, -0.2) is 0 Å². The number of nitrogens with zero attached hydrogens (tertiary/aromatic N) is 1. The molecule has 104 valence electrons. The van der Waals surface area contributed by atoms with Crippen LogP contribution in [0.5, 0.6) is 0 Å². The number of nitrogens with one attached hydrogen (secondary N) is 1. The van der Waals surface area contributed by atoms with Gasteiger partial charge in [-0.3, -0.25) is 4.79 Å². The van der Waals surface area contributed by atoms with Crippen LogP contribution in [0, 0.1) is 0 Å². The summed E-state index contributed by atoms with van der Waals surface area (Å²) in [5.74, 6) is -0.0150. The third-order valence-corrected chi connectivity index (χ3v) is 3.94. The van der Waals surface area contributed by atoms with Gasteiger partial charge in [0.2, 0.25) is 0 Å². The zero-order chi connectivity index (χ0) is 13.8. The maximum absolute atomic E-state index is 12.5. The second kappa shape index (κ2) is 6.70. The number of ether oxygens (including phenoxy) is 1. The molecular weight excluding hydrogens is 332 g/mol. The first-order chi connectivity index (χ1) is 9.11. The summed E-state index contributed by atoms with van der Waals surface area (Å²) in [7, 11) is 1.87. The van der Waals surface area contributed by atoms with E-state index in [2.05, 4.69) is 21.2 Å². The van der Waals surface area contributed by atoms with Gasteiger partial charge in [0.15, 0.2) is 0 Å². The van der Waals surface area contributed by atoms with Gasteiger partial charge >= 0.3 is 0 Å². The Kier molecular flexibility index (Phi) is 5.21. The molecule has 1 fully saturated rings. The summed E-state index contributed by atoms with van der Waals surface area (Å²) in [4.78, 5) is 14.3. The molecule has 0 saturated carbocycles. The van der Waals surface area contributed by atoms with Gasteiger partial charge in [-0.05, 0) is 41.2 Å². The van der Waals surface area contributed by atoms with Crippen molar-refractivity contribution in [3.05, 3.63) is 33.3 Å². The number of carbonyl (C=O) groups excluding carboxylic acids is 1. The third-order valence-electron chi connectivity index (χ3n) is 3.02. The van der Waals surface area contributed by atoms with Crippen LogP contribution in [-0.2, 0) is 4.74 Å². The van der Waals surface area contributed by atoms with E-state index in [0.29, 0.717) is 30.3 Å². The number of hydrogen-bond donors (Lipinski definition) is 1. The number of rotatable bonds is 3. The van der Waals surface area contributed by atoms with Crippen molar-refractivity contribution in [3.63, 3.8) is 0 Å². The van der Waals surface area contributed by atoms with Gasteiger partial charge in [0, 0.05) is 29.1 Å². The molecule has 0 aliphatic carbocycles. The molecule has 1 N–H and O–H groups in total. The van der Waals surface area contributed by atoms with E-state index in [0.717, 1.165) is 11.0 Å². The summed E-state index contributed by atoms with van der Waals surface area (Å²) in [6.45, 7) is 2.51. The topological polar surface area (TPSA) is 41.6 Å². The summed E-state index contributed by atoms with van der Waals surface area (Å²) in [6.07, 6.45) is 0.0423. The summed E-state index contributed by atoms with van der Waals surface area (Å²) >= 11 is 9.35. The maximum Gasteiger partial charge on any atom is 0.255 e. The molecule has 0 spiro atoms. The Hall–Kier alpha value is -0.620. The molecule has 19 heavy (non-hydrogen) atoms. The monoisotopic (exact) mass is 346 g/mol. The van der Waals surface area contributed by atoms with E-state index in [4.69, 9.17) is 16.3 Å². The van der Waals surface area contributed by atoms with E-state index in [1.807, 2.05) is 11.9 Å². The Balaban J connectivity index is 2.12. The quantitative estimate of drug-likeness (QED) is 0.911. The first kappa shape index (κ1) is 14.8. The van der Waals surface area contributed by atoms with E-state index in [1.54, 1.807) is 18.2 Å². The molecule has 1 aliphatic rings. The molecule has 1 unspecified atom stereocenters. The minimum Gasteiger partial charge on any atom is -0.373 e. The van der Waals surface area contributed by atoms with Crippen LogP contribution in [0.2, 0.25) is 5.02 Å². The Morgan fingerprint density at radius 2 is 2.42 bits per heavy atom. The largest absolute Gasteiger partial charge is 0.373 e. The Bertz CT molecular complexity index is 468. The van der Waals surface area contributed by atoms with E-state index in [9.17, 15) is 4.79 Å². The maximum atomic E-state index is 12.5. The first-order valence-electron chi connectivity index (χ1n) is 6.12. The predicted octanol–water partition coefficient (Wildman–Crippen LogP) is 2.16. The van der Waals surface area contributed by atoms with Crippen molar-refractivity contribution in [1.82, 2.24) is 10.2 Å². The first-order valence-corrected chi connectivity index (χ1v) is 7.29. The average Bonchev–Trinajstić information content (AvgIpc) is 2.41. The van der Waals surface area contributed by atoms with Crippen LogP contribution in [0.15, 0.2) is 22.7 Å². The van der Waals surface area contributed by atoms with Crippen LogP contribution in [0.3, 0.4) is 0 Å². The average molecular weight is 348 g/mol. The summed E-state index contributed by atoms with van der Waals surface area (Å²) < 4.78 is 6.36. The zero-order valence-corrected chi connectivity index (χ0v) is 13.0. The van der Waals surface area contributed by atoms with Crippen LogP contribution in [0.1, 0.15) is 10.4 Å². The Labute approximate surface area is 126 Å². The van der Waals surface area contributed by atoms with Crippen molar-refractivity contribution in [3.8, 4) is 0 Å². The zero-order valence-electron chi connectivity index (χ0n) is 10.7. The van der Waals surface area contributed by atoms with E-state index in [1.165, 1.54) is 0 Å². The molecule has 1 heterocycles.